The van der Waals surface area contributed by atoms with Gasteiger partial charge in [0.05, 0.1) is 19.3 Å². The lowest BCUT2D eigenvalue weighted by molar-refractivity contribution is 0.0595. The molecule has 1 atom stereocenters. The van der Waals surface area contributed by atoms with Crippen LogP contribution in [0.25, 0.3) is 5.57 Å². The summed E-state index contributed by atoms with van der Waals surface area (Å²) in [5, 5.41) is 3.34. The van der Waals surface area contributed by atoms with E-state index in [9.17, 15) is 9.18 Å². The van der Waals surface area contributed by atoms with Crippen molar-refractivity contribution in [3.05, 3.63) is 35.2 Å². The number of allylic oxidation sites excluding steroid dienone is 2. The highest BCUT2D eigenvalue weighted by atomic mass is 19.1. The van der Waals surface area contributed by atoms with Gasteiger partial charge in [-0.15, -0.1) is 0 Å². The summed E-state index contributed by atoms with van der Waals surface area (Å²) in [5.74, 6) is -0.311. The van der Waals surface area contributed by atoms with Crippen molar-refractivity contribution in [2.75, 3.05) is 26.8 Å². The van der Waals surface area contributed by atoms with E-state index in [0.29, 0.717) is 18.3 Å². The van der Waals surface area contributed by atoms with Gasteiger partial charge >= 0.3 is 5.97 Å². The molecule has 1 N–H and O–H groups in total. The van der Waals surface area contributed by atoms with E-state index in [4.69, 9.17) is 4.74 Å². The number of nitrogens with one attached hydrogen (secondary N) is 1. The number of piperidine rings is 1. The maximum atomic E-state index is 14.1. The topological polar surface area (TPSA) is 47.6 Å². The molecule has 0 aromatic heterocycles. The maximum Gasteiger partial charge on any atom is 0.340 e. The second-order valence-corrected chi connectivity index (χ2v) is 5.78. The number of esters is 1. The molecule has 2 aliphatic rings. The molecule has 0 amide bonds. The first-order valence-electron chi connectivity index (χ1n) is 7.64. The molecule has 3 rings (SSSR count). The predicted octanol–water partition coefficient (Wildman–Crippen LogP) is 2.78. The highest BCUT2D eigenvalue weighted by molar-refractivity contribution is 5.92. The van der Waals surface area contributed by atoms with Gasteiger partial charge in [0.1, 0.15) is 11.6 Å². The fraction of sp³-hybridized carbons (Fsp3) is 0.471. The zero-order chi connectivity index (χ0) is 15.5. The fourth-order valence-corrected chi connectivity index (χ4v) is 2.74. The average Bonchev–Trinajstić information content (AvgIpc) is 3.38. The summed E-state index contributed by atoms with van der Waals surface area (Å²) < 4.78 is 24.6. The summed E-state index contributed by atoms with van der Waals surface area (Å²) in [6.07, 6.45) is 5.15. The zero-order valence-electron chi connectivity index (χ0n) is 12.7. The lowest BCUT2D eigenvalue weighted by atomic mass is 10.0. The molecule has 4 nitrogen and oxygen atoms in total. The van der Waals surface area contributed by atoms with E-state index in [2.05, 4.69) is 10.1 Å². The fourth-order valence-electron chi connectivity index (χ4n) is 2.74. The molecule has 1 aromatic rings. The first-order chi connectivity index (χ1) is 10.7. The maximum absolute atomic E-state index is 14.1. The third-order valence-corrected chi connectivity index (χ3v) is 4.10. The summed E-state index contributed by atoms with van der Waals surface area (Å²) in [5.41, 5.74) is 1.84. The average molecular weight is 305 g/mol. The van der Waals surface area contributed by atoms with Crippen LogP contribution in [0.15, 0.2) is 18.2 Å². The van der Waals surface area contributed by atoms with Gasteiger partial charge in [-0.2, -0.15) is 0 Å². The number of benzene rings is 1. The predicted molar refractivity (Wildman–Crippen MR) is 81.4 cm³/mol. The highest BCUT2D eigenvalue weighted by Crippen LogP contribution is 2.38. The number of carbonyl (C=O) groups is 1. The minimum absolute atomic E-state index is 0.0445. The lowest BCUT2D eigenvalue weighted by Gasteiger charge is -2.23. The number of carbonyl (C=O) groups excluding carboxylic acids is 1. The quantitative estimate of drug-likeness (QED) is 0.850. The van der Waals surface area contributed by atoms with Gasteiger partial charge in [0.15, 0.2) is 0 Å². The van der Waals surface area contributed by atoms with Crippen molar-refractivity contribution < 1.29 is 18.7 Å². The number of hydrogen-bond donors (Lipinski definition) is 1. The van der Waals surface area contributed by atoms with E-state index in [1.54, 1.807) is 0 Å². The summed E-state index contributed by atoms with van der Waals surface area (Å²) in [4.78, 5) is 11.6. The van der Waals surface area contributed by atoms with E-state index >= 15 is 0 Å². The number of methoxy groups -OCH3 is 1. The lowest BCUT2D eigenvalue weighted by Crippen LogP contribution is -2.33. The van der Waals surface area contributed by atoms with E-state index in [0.717, 1.165) is 43.5 Å². The van der Waals surface area contributed by atoms with Crippen LogP contribution in [0.2, 0.25) is 0 Å². The van der Waals surface area contributed by atoms with Gasteiger partial charge in [-0.3, -0.25) is 0 Å². The Morgan fingerprint density at radius 1 is 1.45 bits per heavy atom. The van der Waals surface area contributed by atoms with Crippen LogP contribution < -0.4 is 10.1 Å². The standard InChI is InChI=1S/C17H20FNO3/c1-21-17(20)14-7-13(12-4-5-12)16(8-15(14)18)22-10-11-3-2-6-19-9-11/h4,7-8,11,19H,2-3,5-6,9-10H2,1H3/t11-/m1/s1. The van der Waals surface area contributed by atoms with Crippen molar-refractivity contribution in [2.24, 2.45) is 5.92 Å². The van der Waals surface area contributed by atoms with Crippen LogP contribution in [0.4, 0.5) is 4.39 Å². The molecule has 0 unspecified atom stereocenters. The van der Waals surface area contributed by atoms with Crippen molar-refractivity contribution in [3.8, 4) is 5.75 Å². The van der Waals surface area contributed by atoms with E-state index in [-0.39, 0.29) is 5.56 Å². The molecule has 1 aliphatic carbocycles. The van der Waals surface area contributed by atoms with Crippen molar-refractivity contribution in [2.45, 2.75) is 19.3 Å². The largest absolute Gasteiger partial charge is 0.493 e. The van der Waals surface area contributed by atoms with Crippen LogP contribution in [-0.2, 0) is 4.74 Å². The van der Waals surface area contributed by atoms with Gasteiger partial charge in [-0.25, -0.2) is 9.18 Å². The Labute approximate surface area is 129 Å². The summed E-state index contributed by atoms with van der Waals surface area (Å²) >= 11 is 0. The second-order valence-electron chi connectivity index (χ2n) is 5.78. The van der Waals surface area contributed by atoms with E-state index in [1.165, 1.54) is 19.2 Å². The molecule has 0 radical (unpaired) electrons. The Kier molecular flexibility index (Phi) is 4.43. The Hall–Kier alpha value is -1.88. The molecule has 0 saturated carbocycles. The molecule has 1 heterocycles. The Morgan fingerprint density at radius 2 is 2.27 bits per heavy atom. The van der Waals surface area contributed by atoms with Crippen molar-refractivity contribution in [1.29, 1.82) is 0 Å². The van der Waals surface area contributed by atoms with Crippen molar-refractivity contribution in [1.82, 2.24) is 5.32 Å². The van der Waals surface area contributed by atoms with Gasteiger partial charge in [-0.05, 0) is 37.4 Å². The van der Waals surface area contributed by atoms with Gasteiger partial charge in [0.25, 0.3) is 0 Å². The summed E-state index contributed by atoms with van der Waals surface area (Å²) in [7, 11) is 1.25. The molecule has 5 heteroatoms. The van der Waals surface area contributed by atoms with Crippen LogP contribution in [0, 0.1) is 11.7 Å². The first-order valence-corrected chi connectivity index (χ1v) is 7.64. The molecule has 0 bridgehead atoms. The molecule has 1 aromatic carbocycles. The second kappa shape index (κ2) is 6.48. The number of ether oxygens (including phenoxy) is 2. The van der Waals surface area contributed by atoms with Gasteiger partial charge in [0, 0.05) is 24.1 Å². The molecule has 1 saturated heterocycles. The minimum Gasteiger partial charge on any atom is -0.493 e. The highest BCUT2D eigenvalue weighted by Gasteiger charge is 2.23. The molecule has 118 valence electrons. The SMILES string of the molecule is COC(=O)c1cc(C2=CC2)c(OC[C@@H]2CCCNC2)cc1F. The Balaban J connectivity index is 1.79. The monoisotopic (exact) mass is 305 g/mol. The number of rotatable bonds is 5. The molecular formula is C17H20FNO3. The molecule has 0 spiro atoms. The number of halogens is 1. The first kappa shape index (κ1) is 15.0. The Morgan fingerprint density at radius 3 is 2.91 bits per heavy atom. The summed E-state index contributed by atoms with van der Waals surface area (Å²) in [6, 6.07) is 2.84. The van der Waals surface area contributed by atoms with Crippen LogP contribution >= 0.6 is 0 Å². The van der Waals surface area contributed by atoms with E-state index in [1.807, 2.05) is 6.08 Å². The van der Waals surface area contributed by atoms with Gasteiger partial charge in [-0.1, -0.05) is 6.08 Å². The third-order valence-electron chi connectivity index (χ3n) is 4.10. The van der Waals surface area contributed by atoms with Crippen molar-refractivity contribution >= 4 is 11.5 Å². The molecular weight excluding hydrogens is 285 g/mol. The zero-order valence-corrected chi connectivity index (χ0v) is 12.7. The van der Waals surface area contributed by atoms with E-state index < -0.39 is 11.8 Å². The molecule has 1 aliphatic heterocycles. The number of hydrogen-bond acceptors (Lipinski definition) is 4. The van der Waals surface area contributed by atoms with Gasteiger partial charge < -0.3 is 14.8 Å². The van der Waals surface area contributed by atoms with Crippen LogP contribution in [0.1, 0.15) is 35.2 Å². The van der Waals surface area contributed by atoms with Crippen LogP contribution in [-0.4, -0.2) is 32.8 Å². The van der Waals surface area contributed by atoms with Gasteiger partial charge in [0.2, 0.25) is 0 Å². The minimum atomic E-state index is -0.664. The van der Waals surface area contributed by atoms with Crippen LogP contribution in [0.3, 0.4) is 0 Å². The van der Waals surface area contributed by atoms with Crippen LogP contribution in [0.5, 0.6) is 5.75 Å². The normalized spacial score (nSPS) is 20.3. The third kappa shape index (κ3) is 3.30. The Bertz CT molecular complexity index is 606. The van der Waals surface area contributed by atoms with Crippen molar-refractivity contribution in [3.63, 3.8) is 0 Å². The molecule has 1 fully saturated rings. The summed E-state index contributed by atoms with van der Waals surface area (Å²) in [6.45, 7) is 2.54. The smallest absolute Gasteiger partial charge is 0.340 e. The molecule has 22 heavy (non-hydrogen) atoms.